The van der Waals surface area contributed by atoms with Crippen LogP contribution in [0.2, 0.25) is 0 Å². The van der Waals surface area contributed by atoms with Gasteiger partial charge in [-0.3, -0.25) is 9.36 Å². The number of esters is 1. The Hall–Kier alpha value is -3.57. The molecule has 9 nitrogen and oxygen atoms in total. The molecule has 212 valence electrons. The SMILES string of the molecule is CCOC(=O)C1=C(C)N=c2s/c(=C\c3cc(Br)c(OCC)cc3OCC)c(=O)n2[C@H]1c1cc(OC)ccc1OC. The summed E-state index contributed by atoms with van der Waals surface area (Å²) < 4.78 is 30.7. The van der Waals surface area contributed by atoms with Crippen molar-refractivity contribution in [2.75, 3.05) is 34.0 Å². The Morgan fingerprint density at radius 1 is 1.02 bits per heavy atom. The highest BCUT2D eigenvalue weighted by molar-refractivity contribution is 9.10. The van der Waals surface area contributed by atoms with Gasteiger partial charge in [0.1, 0.15) is 29.0 Å². The van der Waals surface area contributed by atoms with Gasteiger partial charge in [-0.15, -0.1) is 0 Å². The van der Waals surface area contributed by atoms with E-state index >= 15 is 0 Å². The molecule has 0 saturated carbocycles. The molecule has 0 saturated heterocycles. The lowest BCUT2D eigenvalue weighted by atomic mass is 9.94. The number of aromatic nitrogens is 1. The van der Waals surface area contributed by atoms with E-state index in [0.717, 1.165) is 4.47 Å². The molecule has 1 atom stereocenters. The molecule has 2 aromatic carbocycles. The molecule has 0 bridgehead atoms. The summed E-state index contributed by atoms with van der Waals surface area (Å²) in [6.45, 7) is 8.37. The summed E-state index contributed by atoms with van der Waals surface area (Å²) in [6, 6.07) is 8.06. The predicted molar refractivity (Wildman–Crippen MR) is 156 cm³/mol. The van der Waals surface area contributed by atoms with Gasteiger partial charge in [0.2, 0.25) is 0 Å². The third-order valence-electron chi connectivity index (χ3n) is 6.20. The first-order chi connectivity index (χ1) is 19.3. The van der Waals surface area contributed by atoms with Crippen molar-refractivity contribution in [3.05, 3.63) is 76.9 Å². The molecule has 0 spiro atoms. The van der Waals surface area contributed by atoms with E-state index in [0.29, 0.717) is 62.4 Å². The largest absolute Gasteiger partial charge is 0.497 e. The average molecular weight is 632 g/mol. The number of halogens is 1. The standard InChI is InChI=1S/C29H31BrN2O7S/c1-7-37-22-15-23(38-8-2)20(30)12-17(22)13-24-27(33)32-26(19-14-18(35-5)10-11-21(19)36-6)25(28(34)39-9-3)16(4)31-29(32)40-24/h10-15,26H,7-9H2,1-6H3/b24-13-/t26-/m0/s1. The molecule has 40 heavy (non-hydrogen) atoms. The smallest absolute Gasteiger partial charge is 0.338 e. The maximum Gasteiger partial charge on any atom is 0.338 e. The van der Waals surface area contributed by atoms with E-state index in [1.54, 1.807) is 51.3 Å². The van der Waals surface area contributed by atoms with Crippen LogP contribution in [-0.4, -0.2) is 44.6 Å². The fraction of sp³-hybridized carbons (Fsp3) is 0.345. The van der Waals surface area contributed by atoms with Gasteiger partial charge >= 0.3 is 5.97 Å². The van der Waals surface area contributed by atoms with Crippen molar-refractivity contribution in [2.45, 2.75) is 33.7 Å². The number of carbonyl (C=O) groups is 1. The van der Waals surface area contributed by atoms with Crippen molar-refractivity contribution in [3.8, 4) is 23.0 Å². The van der Waals surface area contributed by atoms with Crippen LogP contribution in [0.15, 0.2) is 55.9 Å². The highest BCUT2D eigenvalue weighted by atomic mass is 79.9. The summed E-state index contributed by atoms with van der Waals surface area (Å²) in [4.78, 5) is 32.4. The van der Waals surface area contributed by atoms with Crippen molar-refractivity contribution in [1.82, 2.24) is 4.57 Å². The van der Waals surface area contributed by atoms with Crippen LogP contribution in [0.1, 0.15) is 44.9 Å². The number of allylic oxidation sites excluding steroid dienone is 1. The van der Waals surface area contributed by atoms with Gasteiger partial charge in [0.15, 0.2) is 4.80 Å². The van der Waals surface area contributed by atoms with Crippen molar-refractivity contribution < 1.29 is 28.5 Å². The molecule has 0 amide bonds. The number of methoxy groups -OCH3 is 2. The fourth-order valence-corrected chi connectivity index (χ4v) is 6.00. The number of hydrogen-bond acceptors (Lipinski definition) is 9. The lowest BCUT2D eigenvalue weighted by molar-refractivity contribution is -0.139. The number of ether oxygens (including phenoxy) is 5. The summed E-state index contributed by atoms with van der Waals surface area (Å²) in [5.41, 5.74) is 1.66. The highest BCUT2D eigenvalue weighted by Crippen LogP contribution is 2.38. The minimum atomic E-state index is -0.846. The number of carbonyl (C=O) groups excluding carboxylic acids is 1. The monoisotopic (exact) mass is 630 g/mol. The van der Waals surface area contributed by atoms with Crippen LogP contribution in [0.3, 0.4) is 0 Å². The number of fused-ring (bicyclic) bond motifs is 1. The zero-order valence-electron chi connectivity index (χ0n) is 23.2. The summed E-state index contributed by atoms with van der Waals surface area (Å²) in [7, 11) is 3.09. The number of hydrogen-bond donors (Lipinski definition) is 0. The number of thiazole rings is 1. The molecule has 1 aliphatic heterocycles. The molecule has 11 heteroatoms. The Morgan fingerprint density at radius 2 is 1.75 bits per heavy atom. The zero-order valence-corrected chi connectivity index (χ0v) is 25.6. The summed E-state index contributed by atoms with van der Waals surface area (Å²) in [5.74, 6) is 1.71. The second-order valence-electron chi connectivity index (χ2n) is 8.60. The van der Waals surface area contributed by atoms with Crippen molar-refractivity contribution in [3.63, 3.8) is 0 Å². The lowest BCUT2D eigenvalue weighted by Crippen LogP contribution is -2.40. The Kier molecular flexibility index (Phi) is 9.36. The van der Waals surface area contributed by atoms with E-state index in [-0.39, 0.29) is 17.7 Å². The molecule has 3 aromatic rings. The van der Waals surface area contributed by atoms with Crippen molar-refractivity contribution in [1.29, 1.82) is 0 Å². The third kappa shape index (κ3) is 5.66. The van der Waals surface area contributed by atoms with Crippen LogP contribution in [0.4, 0.5) is 0 Å². The highest BCUT2D eigenvalue weighted by Gasteiger charge is 2.35. The molecule has 0 N–H and O–H groups in total. The van der Waals surface area contributed by atoms with Crippen LogP contribution in [0.5, 0.6) is 23.0 Å². The topological polar surface area (TPSA) is 97.6 Å². The first kappa shape index (κ1) is 29.4. The van der Waals surface area contributed by atoms with Gasteiger partial charge in [0.25, 0.3) is 5.56 Å². The quantitative estimate of drug-likeness (QED) is 0.307. The van der Waals surface area contributed by atoms with E-state index in [1.165, 1.54) is 23.0 Å². The van der Waals surface area contributed by atoms with E-state index in [4.69, 9.17) is 23.7 Å². The molecule has 0 unspecified atom stereocenters. The van der Waals surface area contributed by atoms with E-state index < -0.39 is 12.0 Å². The van der Waals surface area contributed by atoms with Crippen LogP contribution in [0.25, 0.3) is 6.08 Å². The van der Waals surface area contributed by atoms with Gasteiger partial charge in [0.05, 0.1) is 54.3 Å². The van der Waals surface area contributed by atoms with Crippen LogP contribution in [-0.2, 0) is 9.53 Å². The van der Waals surface area contributed by atoms with Crippen molar-refractivity contribution >= 4 is 39.3 Å². The number of rotatable bonds is 10. The molecule has 0 radical (unpaired) electrons. The van der Waals surface area contributed by atoms with Crippen LogP contribution in [0, 0.1) is 0 Å². The predicted octanol–water partition coefficient (Wildman–Crippen LogP) is 4.38. The first-order valence-corrected chi connectivity index (χ1v) is 14.4. The summed E-state index contributed by atoms with van der Waals surface area (Å²) in [6.07, 6.45) is 1.76. The maximum atomic E-state index is 14.1. The molecular weight excluding hydrogens is 600 g/mol. The van der Waals surface area contributed by atoms with Gasteiger partial charge in [-0.25, -0.2) is 9.79 Å². The lowest BCUT2D eigenvalue weighted by Gasteiger charge is -2.26. The van der Waals surface area contributed by atoms with E-state index in [9.17, 15) is 9.59 Å². The van der Waals surface area contributed by atoms with Gasteiger partial charge in [-0.2, -0.15) is 0 Å². The van der Waals surface area contributed by atoms with Gasteiger partial charge in [0, 0.05) is 17.2 Å². The van der Waals surface area contributed by atoms with Gasteiger partial charge < -0.3 is 23.7 Å². The minimum Gasteiger partial charge on any atom is -0.497 e. The van der Waals surface area contributed by atoms with Gasteiger partial charge in [-0.1, -0.05) is 11.3 Å². The minimum absolute atomic E-state index is 0.175. The molecule has 2 heterocycles. The fourth-order valence-electron chi connectivity index (χ4n) is 4.49. The van der Waals surface area contributed by atoms with Gasteiger partial charge in [-0.05, 0) is 74.0 Å². The summed E-state index contributed by atoms with van der Waals surface area (Å²) in [5, 5.41) is 0. The van der Waals surface area contributed by atoms with E-state index in [1.807, 2.05) is 19.9 Å². The third-order valence-corrected chi connectivity index (χ3v) is 7.80. The maximum absolute atomic E-state index is 14.1. The Balaban J connectivity index is 2.00. The molecule has 4 rings (SSSR count). The number of nitrogens with zero attached hydrogens (tertiary/aromatic N) is 2. The van der Waals surface area contributed by atoms with E-state index in [2.05, 4.69) is 20.9 Å². The van der Waals surface area contributed by atoms with Crippen molar-refractivity contribution in [2.24, 2.45) is 4.99 Å². The Bertz CT molecular complexity index is 1640. The molecule has 0 fully saturated rings. The normalized spacial score (nSPS) is 14.9. The average Bonchev–Trinajstić information content (AvgIpc) is 3.24. The molecule has 1 aromatic heterocycles. The van der Waals surface area contributed by atoms with Crippen LogP contribution < -0.4 is 33.8 Å². The number of benzene rings is 2. The first-order valence-electron chi connectivity index (χ1n) is 12.8. The second kappa shape index (κ2) is 12.7. The zero-order chi connectivity index (χ0) is 29.0. The molecule has 0 aliphatic carbocycles. The van der Waals surface area contributed by atoms with Crippen LogP contribution >= 0.6 is 27.3 Å². The Morgan fingerprint density at radius 3 is 2.40 bits per heavy atom. The second-order valence-corrected chi connectivity index (χ2v) is 10.5. The molecular formula is C29H31BrN2O7S. The summed E-state index contributed by atoms with van der Waals surface area (Å²) >= 11 is 4.78. The Labute approximate surface area is 244 Å². The molecule has 1 aliphatic rings.